The first-order valence-electron chi connectivity index (χ1n) is 3.06. The van der Waals surface area contributed by atoms with Crippen molar-refractivity contribution in [2.24, 2.45) is 0 Å². The molecule has 10 heavy (non-hydrogen) atoms. The molecule has 1 aromatic heterocycles. The summed E-state index contributed by atoms with van der Waals surface area (Å²) in [5.74, 6) is 0.0856. The van der Waals surface area contributed by atoms with Crippen LogP contribution in [0.3, 0.4) is 0 Å². The van der Waals surface area contributed by atoms with E-state index in [-0.39, 0.29) is 6.84 Å². The molecule has 1 N–H and O–H groups in total. The standard InChI is InChI=1S/C6H10N2O2.H2/c1-6(2,3)4-7-5(9)10-8-4;/h1-3H3,(H,7,8,9);1H. The quantitative estimate of drug-likeness (QED) is 0.588. The minimum Gasteiger partial charge on any atom is -0.296 e. The van der Waals surface area contributed by atoms with E-state index in [4.69, 9.17) is 0 Å². The fourth-order valence-electron chi connectivity index (χ4n) is 0.554. The smallest absolute Gasteiger partial charge is 0.296 e. The van der Waals surface area contributed by atoms with Gasteiger partial charge < -0.3 is 0 Å². The maximum absolute atomic E-state index is 10.5. The van der Waals surface area contributed by atoms with E-state index in [1.165, 1.54) is 0 Å². The largest absolute Gasteiger partial charge is 0.438 e. The number of nitrogens with one attached hydrogen (secondary N) is 1. The Morgan fingerprint density at radius 3 is 2.40 bits per heavy atom. The van der Waals surface area contributed by atoms with Gasteiger partial charge in [0.25, 0.3) is 0 Å². The fourth-order valence-corrected chi connectivity index (χ4v) is 0.554. The third kappa shape index (κ3) is 1.26. The predicted molar refractivity (Wildman–Crippen MR) is 37.9 cm³/mol. The molecule has 0 saturated carbocycles. The summed E-state index contributed by atoms with van der Waals surface area (Å²) < 4.78 is 4.33. The summed E-state index contributed by atoms with van der Waals surface area (Å²) in [4.78, 5) is 12.9. The van der Waals surface area contributed by atoms with Crippen LogP contribution in [0.5, 0.6) is 0 Å². The van der Waals surface area contributed by atoms with Crippen molar-refractivity contribution in [2.75, 3.05) is 0 Å². The number of nitrogens with zero attached hydrogens (tertiary/aromatic N) is 1. The van der Waals surface area contributed by atoms with Crippen LogP contribution in [0.4, 0.5) is 0 Å². The zero-order valence-electron chi connectivity index (χ0n) is 6.26. The van der Waals surface area contributed by atoms with Crippen LogP contribution in [0.1, 0.15) is 28.0 Å². The van der Waals surface area contributed by atoms with E-state index in [1.807, 2.05) is 20.8 Å². The lowest BCUT2D eigenvalue weighted by atomic mass is 9.96. The maximum atomic E-state index is 10.5. The molecule has 0 aromatic carbocycles. The molecule has 0 aliphatic rings. The van der Waals surface area contributed by atoms with E-state index in [2.05, 4.69) is 14.7 Å². The van der Waals surface area contributed by atoms with Gasteiger partial charge in [-0.1, -0.05) is 25.9 Å². The Hall–Kier alpha value is -1.06. The highest BCUT2D eigenvalue weighted by molar-refractivity contribution is 4.96. The van der Waals surface area contributed by atoms with Gasteiger partial charge in [-0.25, -0.2) is 4.79 Å². The lowest BCUT2D eigenvalue weighted by Crippen LogP contribution is -2.14. The van der Waals surface area contributed by atoms with Gasteiger partial charge in [0.1, 0.15) is 0 Å². The molecule has 0 fully saturated rings. The van der Waals surface area contributed by atoms with Crippen LogP contribution in [-0.4, -0.2) is 10.1 Å². The van der Waals surface area contributed by atoms with Gasteiger partial charge >= 0.3 is 5.76 Å². The summed E-state index contributed by atoms with van der Waals surface area (Å²) >= 11 is 0. The Balaban J connectivity index is 0.000001000. The van der Waals surface area contributed by atoms with Crippen LogP contribution in [-0.2, 0) is 5.41 Å². The second-order valence-corrected chi connectivity index (χ2v) is 3.19. The average Bonchev–Trinajstić information content (AvgIpc) is 2.11. The molecule has 0 spiro atoms. The van der Waals surface area contributed by atoms with Crippen LogP contribution in [0.2, 0.25) is 0 Å². The molecule has 0 atom stereocenters. The molecule has 0 aliphatic heterocycles. The van der Waals surface area contributed by atoms with Crippen LogP contribution in [0, 0.1) is 0 Å². The number of hydrogen-bond donors (Lipinski definition) is 1. The van der Waals surface area contributed by atoms with E-state index < -0.39 is 5.76 Å². The lowest BCUT2D eigenvalue weighted by Gasteiger charge is -2.11. The van der Waals surface area contributed by atoms with Gasteiger partial charge in [-0.2, -0.15) is 0 Å². The maximum Gasteiger partial charge on any atom is 0.438 e. The highest BCUT2D eigenvalue weighted by Gasteiger charge is 2.18. The Bertz CT molecular complexity index is 271. The van der Waals surface area contributed by atoms with Crippen LogP contribution in [0.25, 0.3) is 0 Å². The van der Waals surface area contributed by atoms with Crippen molar-refractivity contribution in [3.63, 3.8) is 0 Å². The highest BCUT2D eigenvalue weighted by atomic mass is 16.5. The molecule has 4 nitrogen and oxygen atoms in total. The van der Waals surface area contributed by atoms with E-state index in [1.54, 1.807) is 0 Å². The summed E-state index contributed by atoms with van der Waals surface area (Å²) in [7, 11) is 0. The average molecular weight is 144 g/mol. The molecular formula is C6H12N2O2. The molecule has 0 radical (unpaired) electrons. The highest BCUT2D eigenvalue weighted by Crippen LogP contribution is 2.15. The number of H-pyrrole nitrogens is 1. The monoisotopic (exact) mass is 144 g/mol. The van der Waals surface area contributed by atoms with Gasteiger partial charge in [0, 0.05) is 6.84 Å². The van der Waals surface area contributed by atoms with Crippen molar-refractivity contribution >= 4 is 0 Å². The Morgan fingerprint density at radius 2 is 2.20 bits per heavy atom. The number of hydrogen-bond acceptors (Lipinski definition) is 3. The Labute approximate surface area is 59.7 Å². The van der Waals surface area contributed by atoms with E-state index in [9.17, 15) is 4.79 Å². The van der Waals surface area contributed by atoms with Gasteiger partial charge in [-0.15, -0.1) is 0 Å². The van der Waals surface area contributed by atoms with Crippen LogP contribution in [0.15, 0.2) is 9.32 Å². The number of rotatable bonds is 0. The van der Waals surface area contributed by atoms with Crippen molar-refractivity contribution in [3.8, 4) is 0 Å². The Morgan fingerprint density at radius 1 is 1.60 bits per heavy atom. The number of aromatic amines is 1. The molecule has 0 bridgehead atoms. The first-order chi connectivity index (χ1) is 4.50. The normalized spacial score (nSPS) is 11.9. The summed E-state index contributed by atoms with van der Waals surface area (Å²) in [5.41, 5.74) is -0.147. The molecule has 1 aromatic rings. The minimum atomic E-state index is -0.495. The van der Waals surface area contributed by atoms with Gasteiger partial charge in [0.15, 0.2) is 5.82 Å². The fraction of sp³-hybridized carbons (Fsp3) is 0.667. The lowest BCUT2D eigenvalue weighted by molar-refractivity contribution is 0.369. The molecule has 0 amide bonds. The topological polar surface area (TPSA) is 58.9 Å². The van der Waals surface area contributed by atoms with E-state index >= 15 is 0 Å². The molecular weight excluding hydrogens is 132 g/mol. The summed E-state index contributed by atoms with van der Waals surface area (Å²) in [6, 6.07) is 0. The van der Waals surface area contributed by atoms with Gasteiger partial charge in [0.2, 0.25) is 0 Å². The molecule has 58 valence electrons. The zero-order valence-corrected chi connectivity index (χ0v) is 6.26. The SMILES string of the molecule is CC(C)(C)c1noc(=O)[nH]1.[HH]. The van der Waals surface area contributed by atoms with Crippen molar-refractivity contribution in [1.29, 1.82) is 0 Å². The molecule has 1 heterocycles. The van der Waals surface area contributed by atoms with Crippen LogP contribution < -0.4 is 5.76 Å². The predicted octanol–water partition coefficient (Wildman–Crippen LogP) is 0.906. The molecule has 1 rings (SSSR count). The van der Waals surface area contributed by atoms with Crippen molar-refractivity contribution in [2.45, 2.75) is 26.2 Å². The molecule has 0 unspecified atom stereocenters. The number of aromatic nitrogens is 2. The first kappa shape index (κ1) is 7.05. The first-order valence-corrected chi connectivity index (χ1v) is 3.06. The summed E-state index contributed by atoms with van der Waals surface area (Å²) in [5, 5.41) is 3.54. The molecule has 4 heteroatoms. The molecule has 0 saturated heterocycles. The van der Waals surface area contributed by atoms with Gasteiger partial charge in [-0.05, 0) is 0 Å². The minimum absolute atomic E-state index is 0. The zero-order chi connectivity index (χ0) is 7.78. The second-order valence-electron chi connectivity index (χ2n) is 3.19. The molecule has 0 aliphatic carbocycles. The van der Waals surface area contributed by atoms with E-state index in [0.29, 0.717) is 5.82 Å². The third-order valence-electron chi connectivity index (χ3n) is 1.15. The van der Waals surface area contributed by atoms with Gasteiger partial charge in [-0.3, -0.25) is 9.51 Å². The van der Waals surface area contributed by atoms with Crippen molar-refractivity contribution in [3.05, 3.63) is 16.4 Å². The summed E-state index contributed by atoms with van der Waals surface area (Å²) in [6.07, 6.45) is 0. The third-order valence-corrected chi connectivity index (χ3v) is 1.15. The van der Waals surface area contributed by atoms with Gasteiger partial charge in [0.05, 0.1) is 0 Å². The van der Waals surface area contributed by atoms with Crippen molar-refractivity contribution < 1.29 is 5.95 Å². The Kier molecular flexibility index (Phi) is 1.39. The van der Waals surface area contributed by atoms with Crippen molar-refractivity contribution in [1.82, 2.24) is 10.1 Å². The van der Waals surface area contributed by atoms with Crippen LogP contribution >= 0.6 is 0 Å². The summed E-state index contributed by atoms with van der Waals surface area (Å²) in [6.45, 7) is 5.84. The van der Waals surface area contributed by atoms with E-state index in [0.717, 1.165) is 0 Å². The second kappa shape index (κ2) is 1.97.